The van der Waals surface area contributed by atoms with Gasteiger partial charge in [-0.25, -0.2) is 0 Å². The van der Waals surface area contributed by atoms with Gasteiger partial charge in [0.25, 0.3) is 0 Å². The zero-order chi connectivity index (χ0) is 8.97. The third kappa shape index (κ3) is 2.80. The van der Waals surface area contributed by atoms with Crippen LogP contribution in [0.4, 0.5) is 0 Å². The van der Waals surface area contributed by atoms with Crippen LogP contribution in [0.3, 0.4) is 0 Å². The molecule has 1 fully saturated rings. The maximum absolute atomic E-state index is 9.33. The number of aliphatic hydroxyl groups excluding tert-OH is 1. The number of aliphatic hydroxyl groups is 1. The smallest absolute Gasteiger partial charge is 0.0796 e. The highest BCUT2D eigenvalue weighted by molar-refractivity contribution is 4.80. The number of nitrogens with zero attached hydrogens (tertiary/aromatic N) is 2. The second-order valence-corrected chi connectivity index (χ2v) is 3.67. The summed E-state index contributed by atoms with van der Waals surface area (Å²) in [6.45, 7) is 5.03. The first kappa shape index (κ1) is 9.50. The molecular formula is C9H16N2O. The topological polar surface area (TPSA) is 47.3 Å². The Hall–Kier alpha value is -0.590. The van der Waals surface area contributed by atoms with E-state index in [-0.39, 0.29) is 6.42 Å². The van der Waals surface area contributed by atoms with Gasteiger partial charge in [-0.3, -0.25) is 0 Å². The lowest BCUT2D eigenvalue weighted by Crippen LogP contribution is -2.30. The molecule has 1 heterocycles. The molecule has 0 aromatic heterocycles. The summed E-state index contributed by atoms with van der Waals surface area (Å²) >= 11 is 0. The van der Waals surface area contributed by atoms with Crippen LogP contribution in [0.25, 0.3) is 0 Å². The van der Waals surface area contributed by atoms with Crippen molar-refractivity contribution in [1.29, 1.82) is 5.26 Å². The van der Waals surface area contributed by atoms with Crippen molar-refractivity contribution < 1.29 is 5.11 Å². The molecular weight excluding hydrogens is 152 g/mol. The Kier molecular flexibility index (Phi) is 3.51. The van der Waals surface area contributed by atoms with E-state index in [0.29, 0.717) is 6.54 Å². The molecule has 1 saturated heterocycles. The van der Waals surface area contributed by atoms with E-state index in [1.54, 1.807) is 0 Å². The maximum Gasteiger partial charge on any atom is 0.0796 e. The fourth-order valence-corrected chi connectivity index (χ4v) is 1.66. The Morgan fingerprint density at radius 2 is 2.50 bits per heavy atom. The molecule has 0 amide bonds. The summed E-state index contributed by atoms with van der Waals surface area (Å²) < 4.78 is 0. The average Bonchev–Trinajstić information content (AvgIpc) is 2.36. The summed E-state index contributed by atoms with van der Waals surface area (Å²) in [5.74, 6) is 0.749. The van der Waals surface area contributed by atoms with E-state index in [1.807, 2.05) is 6.07 Å². The van der Waals surface area contributed by atoms with Crippen LogP contribution >= 0.6 is 0 Å². The summed E-state index contributed by atoms with van der Waals surface area (Å²) in [6, 6.07) is 1.98. The number of hydrogen-bond acceptors (Lipinski definition) is 3. The van der Waals surface area contributed by atoms with Crippen molar-refractivity contribution in [2.75, 3.05) is 19.6 Å². The number of nitriles is 1. The van der Waals surface area contributed by atoms with Crippen LogP contribution in [-0.2, 0) is 0 Å². The van der Waals surface area contributed by atoms with Crippen molar-refractivity contribution in [2.45, 2.75) is 25.9 Å². The molecule has 1 aliphatic rings. The Morgan fingerprint density at radius 3 is 3.00 bits per heavy atom. The maximum atomic E-state index is 9.33. The van der Waals surface area contributed by atoms with E-state index in [1.165, 1.54) is 6.42 Å². The molecule has 1 aliphatic heterocycles. The highest BCUT2D eigenvalue weighted by atomic mass is 16.3. The fourth-order valence-electron chi connectivity index (χ4n) is 1.66. The molecule has 0 aromatic carbocycles. The van der Waals surface area contributed by atoms with E-state index >= 15 is 0 Å². The van der Waals surface area contributed by atoms with Crippen LogP contribution in [-0.4, -0.2) is 35.7 Å². The van der Waals surface area contributed by atoms with Gasteiger partial charge in [0, 0.05) is 13.1 Å². The zero-order valence-electron chi connectivity index (χ0n) is 7.53. The van der Waals surface area contributed by atoms with Gasteiger partial charge in [-0.2, -0.15) is 5.26 Å². The van der Waals surface area contributed by atoms with Gasteiger partial charge < -0.3 is 10.0 Å². The average molecular weight is 168 g/mol. The normalized spacial score (nSPS) is 26.9. The summed E-state index contributed by atoms with van der Waals surface area (Å²) in [7, 11) is 0. The minimum Gasteiger partial charge on any atom is -0.391 e. The van der Waals surface area contributed by atoms with Crippen LogP contribution in [0.15, 0.2) is 0 Å². The predicted molar refractivity (Wildman–Crippen MR) is 46.5 cm³/mol. The van der Waals surface area contributed by atoms with Gasteiger partial charge >= 0.3 is 0 Å². The van der Waals surface area contributed by atoms with Crippen molar-refractivity contribution in [3.8, 4) is 6.07 Å². The van der Waals surface area contributed by atoms with Crippen LogP contribution in [0.1, 0.15) is 19.8 Å². The van der Waals surface area contributed by atoms with E-state index in [9.17, 15) is 5.11 Å². The molecule has 0 radical (unpaired) electrons. The Balaban J connectivity index is 2.19. The molecule has 68 valence electrons. The second-order valence-electron chi connectivity index (χ2n) is 3.67. The first-order chi connectivity index (χ1) is 5.72. The van der Waals surface area contributed by atoms with E-state index < -0.39 is 6.10 Å². The molecule has 1 unspecified atom stereocenters. The number of hydrogen-bond donors (Lipinski definition) is 1. The van der Waals surface area contributed by atoms with Crippen molar-refractivity contribution in [3.63, 3.8) is 0 Å². The fraction of sp³-hybridized carbons (Fsp3) is 0.889. The van der Waals surface area contributed by atoms with Gasteiger partial charge in [-0.15, -0.1) is 0 Å². The van der Waals surface area contributed by atoms with Crippen molar-refractivity contribution in [2.24, 2.45) is 5.92 Å². The van der Waals surface area contributed by atoms with Crippen molar-refractivity contribution >= 4 is 0 Å². The Morgan fingerprint density at radius 1 is 1.75 bits per heavy atom. The van der Waals surface area contributed by atoms with E-state index in [4.69, 9.17) is 5.26 Å². The second kappa shape index (κ2) is 4.44. The third-order valence-electron chi connectivity index (χ3n) is 2.30. The standard InChI is InChI=1S/C9H16N2O/c1-8-3-5-11(6-8)7-9(12)2-4-10/h8-9,12H,2-3,5-7H2,1H3/t8?,9-/m1/s1. The molecule has 0 spiro atoms. The lowest BCUT2D eigenvalue weighted by molar-refractivity contribution is 0.127. The van der Waals surface area contributed by atoms with Gasteiger partial charge in [-0.05, 0) is 18.9 Å². The summed E-state index contributed by atoms with van der Waals surface area (Å²) in [6.07, 6.45) is 1.02. The molecule has 0 aliphatic carbocycles. The summed E-state index contributed by atoms with van der Waals surface area (Å²) in [5, 5.41) is 17.7. The third-order valence-corrected chi connectivity index (χ3v) is 2.30. The number of β-amino-alcohol motifs (C(OH)–C–C–N with tert-alkyl or cyclic N) is 1. The number of likely N-dealkylation sites (tertiary alicyclic amines) is 1. The van der Waals surface area contributed by atoms with Crippen LogP contribution < -0.4 is 0 Å². The van der Waals surface area contributed by atoms with Gasteiger partial charge in [0.15, 0.2) is 0 Å². The monoisotopic (exact) mass is 168 g/mol. The van der Waals surface area contributed by atoms with Gasteiger partial charge in [0.2, 0.25) is 0 Å². The minimum absolute atomic E-state index is 0.255. The Bertz CT molecular complexity index is 176. The quantitative estimate of drug-likeness (QED) is 0.671. The molecule has 12 heavy (non-hydrogen) atoms. The SMILES string of the molecule is CC1CCN(C[C@H](O)CC#N)C1. The van der Waals surface area contributed by atoms with Gasteiger partial charge in [0.05, 0.1) is 18.6 Å². The largest absolute Gasteiger partial charge is 0.391 e. The minimum atomic E-state index is -0.458. The van der Waals surface area contributed by atoms with E-state index in [0.717, 1.165) is 19.0 Å². The number of rotatable bonds is 3. The molecule has 1 rings (SSSR count). The molecule has 3 heteroatoms. The highest BCUT2D eigenvalue weighted by Crippen LogP contribution is 2.15. The summed E-state index contributed by atoms with van der Waals surface area (Å²) in [5.41, 5.74) is 0. The molecule has 0 aromatic rings. The lowest BCUT2D eigenvalue weighted by atomic mass is 10.2. The van der Waals surface area contributed by atoms with Crippen LogP contribution in [0.5, 0.6) is 0 Å². The first-order valence-electron chi connectivity index (χ1n) is 4.49. The van der Waals surface area contributed by atoms with Gasteiger partial charge in [0.1, 0.15) is 0 Å². The predicted octanol–water partition coefficient (Wildman–Crippen LogP) is 0.603. The Labute approximate surface area is 73.6 Å². The van der Waals surface area contributed by atoms with Crippen molar-refractivity contribution in [3.05, 3.63) is 0 Å². The van der Waals surface area contributed by atoms with Crippen molar-refractivity contribution in [1.82, 2.24) is 4.90 Å². The van der Waals surface area contributed by atoms with Gasteiger partial charge in [-0.1, -0.05) is 6.92 Å². The van der Waals surface area contributed by atoms with Crippen LogP contribution in [0.2, 0.25) is 0 Å². The molecule has 1 N–H and O–H groups in total. The summed E-state index contributed by atoms with van der Waals surface area (Å²) in [4.78, 5) is 2.23. The van der Waals surface area contributed by atoms with Crippen LogP contribution in [0, 0.1) is 17.2 Å². The molecule has 0 saturated carbocycles. The lowest BCUT2D eigenvalue weighted by Gasteiger charge is -2.17. The first-order valence-corrected chi connectivity index (χ1v) is 4.49. The zero-order valence-corrected chi connectivity index (χ0v) is 7.53. The highest BCUT2D eigenvalue weighted by Gasteiger charge is 2.20. The molecule has 0 bridgehead atoms. The molecule has 2 atom stereocenters. The molecule has 3 nitrogen and oxygen atoms in total. The van der Waals surface area contributed by atoms with E-state index in [2.05, 4.69) is 11.8 Å².